The monoisotopic (exact) mass is 325 g/mol. The summed E-state index contributed by atoms with van der Waals surface area (Å²) >= 11 is 0. The zero-order valence-corrected chi connectivity index (χ0v) is 12.8. The largest absolute Gasteiger partial charge is 0.275 e. The molecule has 0 fully saturated rings. The van der Waals surface area contributed by atoms with Crippen molar-refractivity contribution in [2.45, 2.75) is 6.42 Å². The minimum atomic E-state index is -0.591. The lowest BCUT2D eigenvalue weighted by molar-refractivity contribution is 0.573. The minimum Gasteiger partial charge on any atom is -0.275 e. The molecule has 1 aromatic carbocycles. The number of nitrogens with zero attached hydrogens (tertiary/aromatic N) is 5. The fourth-order valence-electron chi connectivity index (χ4n) is 2.61. The zero-order valence-electron chi connectivity index (χ0n) is 12.8. The van der Waals surface area contributed by atoms with Crippen molar-refractivity contribution >= 4 is 5.65 Å². The van der Waals surface area contributed by atoms with Crippen LogP contribution in [0.1, 0.15) is 11.3 Å². The second-order valence-corrected chi connectivity index (χ2v) is 5.55. The van der Waals surface area contributed by atoms with E-state index in [4.69, 9.17) is 0 Å². The number of hydrogen-bond donors (Lipinski definition) is 0. The Balaban J connectivity index is 1.75. The van der Waals surface area contributed by atoms with Crippen molar-refractivity contribution in [3.05, 3.63) is 71.8 Å². The van der Waals surface area contributed by atoms with Crippen LogP contribution in [0, 0.1) is 11.6 Å². The number of aromatic nitrogens is 5. The van der Waals surface area contributed by atoms with Crippen molar-refractivity contribution in [1.29, 1.82) is 0 Å². The maximum Gasteiger partial charge on any atom is 0.153 e. The standard InChI is InChI=1S/C17H13F2N5/c1-23-10-12(8-21-23)16-4-5-17-20-9-14(24(17)22-16)6-11-2-3-13(18)7-15(11)19/h2-5,7-10H,6H2,1H3. The van der Waals surface area contributed by atoms with E-state index in [2.05, 4.69) is 15.2 Å². The molecule has 120 valence electrons. The van der Waals surface area contributed by atoms with E-state index in [0.717, 1.165) is 23.0 Å². The topological polar surface area (TPSA) is 48.0 Å². The van der Waals surface area contributed by atoms with Crippen LogP contribution < -0.4 is 0 Å². The molecule has 3 heterocycles. The molecule has 0 N–H and O–H groups in total. The lowest BCUT2D eigenvalue weighted by Crippen LogP contribution is -2.01. The molecular formula is C17H13F2N5. The van der Waals surface area contributed by atoms with Gasteiger partial charge in [0.05, 0.1) is 23.8 Å². The maximum absolute atomic E-state index is 13.9. The fourth-order valence-corrected chi connectivity index (χ4v) is 2.61. The third kappa shape index (κ3) is 2.54. The van der Waals surface area contributed by atoms with Gasteiger partial charge in [0.2, 0.25) is 0 Å². The molecule has 3 aromatic heterocycles. The third-order valence-corrected chi connectivity index (χ3v) is 3.82. The molecule has 0 saturated carbocycles. The van der Waals surface area contributed by atoms with Crippen LogP contribution >= 0.6 is 0 Å². The van der Waals surface area contributed by atoms with Gasteiger partial charge in [0, 0.05) is 31.3 Å². The average Bonchev–Trinajstić information content (AvgIpc) is 3.16. The summed E-state index contributed by atoms with van der Waals surface area (Å²) in [7, 11) is 1.84. The Bertz CT molecular complexity index is 1030. The van der Waals surface area contributed by atoms with Gasteiger partial charge in [-0.1, -0.05) is 6.07 Å². The van der Waals surface area contributed by atoms with Crippen LogP contribution in [0.5, 0.6) is 0 Å². The van der Waals surface area contributed by atoms with E-state index >= 15 is 0 Å². The lowest BCUT2D eigenvalue weighted by atomic mass is 10.1. The summed E-state index contributed by atoms with van der Waals surface area (Å²) < 4.78 is 30.3. The van der Waals surface area contributed by atoms with Gasteiger partial charge >= 0.3 is 0 Å². The molecule has 0 bridgehead atoms. The number of hydrogen-bond acceptors (Lipinski definition) is 3. The Labute approximate surface area is 136 Å². The molecule has 0 aliphatic heterocycles. The van der Waals surface area contributed by atoms with Crippen molar-refractivity contribution in [2.75, 3.05) is 0 Å². The molecule has 5 nitrogen and oxygen atoms in total. The fraction of sp³-hybridized carbons (Fsp3) is 0.118. The first-order valence-corrected chi connectivity index (χ1v) is 7.37. The number of aryl methyl sites for hydroxylation is 1. The molecule has 0 aliphatic rings. The lowest BCUT2D eigenvalue weighted by Gasteiger charge is -2.04. The maximum atomic E-state index is 13.9. The first kappa shape index (κ1) is 14.5. The Kier molecular flexibility index (Phi) is 3.34. The molecule has 0 radical (unpaired) electrons. The number of benzene rings is 1. The van der Waals surface area contributed by atoms with E-state index < -0.39 is 11.6 Å². The second-order valence-electron chi connectivity index (χ2n) is 5.55. The van der Waals surface area contributed by atoms with Crippen LogP contribution in [0.2, 0.25) is 0 Å². The molecule has 0 spiro atoms. The second kappa shape index (κ2) is 5.52. The summed E-state index contributed by atoms with van der Waals surface area (Å²) in [4.78, 5) is 4.29. The van der Waals surface area contributed by atoms with Crippen LogP contribution in [0.3, 0.4) is 0 Å². The predicted molar refractivity (Wildman–Crippen MR) is 84.4 cm³/mol. The molecule has 0 aliphatic carbocycles. The Morgan fingerprint density at radius 3 is 2.71 bits per heavy atom. The van der Waals surface area contributed by atoms with Crippen molar-refractivity contribution in [3.8, 4) is 11.3 Å². The van der Waals surface area contributed by atoms with Gasteiger partial charge in [-0.25, -0.2) is 18.3 Å². The van der Waals surface area contributed by atoms with Crippen LogP contribution in [-0.2, 0) is 13.5 Å². The van der Waals surface area contributed by atoms with Gasteiger partial charge in [-0.2, -0.15) is 10.2 Å². The van der Waals surface area contributed by atoms with Gasteiger partial charge in [0.25, 0.3) is 0 Å². The first-order valence-electron chi connectivity index (χ1n) is 7.37. The van der Waals surface area contributed by atoms with Crippen molar-refractivity contribution in [2.24, 2.45) is 7.05 Å². The molecule has 4 aromatic rings. The molecule has 4 rings (SSSR count). The quantitative estimate of drug-likeness (QED) is 0.582. The summed E-state index contributed by atoms with van der Waals surface area (Å²) in [6.45, 7) is 0. The highest BCUT2D eigenvalue weighted by Gasteiger charge is 2.11. The first-order chi connectivity index (χ1) is 11.6. The minimum absolute atomic E-state index is 0.275. The van der Waals surface area contributed by atoms with Gasteiger partial charge < -0.3 is 0 Å². The molecule has 0 amide bonds. The normalized spacial score (nSPS) is 11.3. The van der Waals surface area contributed by atoms with Crippen molar-refractivity contribution in [3.63, 3.8) is 0 Å². The highest BCUT2D eigenvalue weighted by atomic mass is 19.1. The Hall–Kier alpha value is -3.09. The highest BCUT2D eigenvalue weighted by Crippen LogP contribution is 2.19. The van der Waals surface area contributed by atoms with Crippen LogP contribution in [-0.4, -0.2) is 24.4 Å². The van der Waals surface area contributed by atoms with Gasteiger partial charge in [-0.15, -0.1) is 0 Å². The van der Waals surface area contributed by atoms with Crippen LogP contribution in [0.4, 0.5) is 8.78 Å². The molecule has 24 heavy (non-hydrogen) atoms. The van der Waals surface area contributed by atoms with Gasteiger partial charge in [0.15, 0.2) is 5.65 Å². The van der Waals surface area contributed by atoms with E-state index in [9.17, 15) is 8.78 Å². The summed E-state index contributed by atoms with van der Waals surface area (Å²) in [5.41, 5.74) is 3.41. The number of fused-ring (bicyclic) bond motifs is 1. The van der Waals surface area contributed by atoms with E-state index in [1.165, 1.54) is 12.1 Å². The highest BCUT2D eigenvalue weighted by molar-refractivity contribution is 5.58. The molecule has 0 atom stereocenters. The number of rotatable bonds is 3. The predicted octanol–water partition coefficient (Wildman–Crippen LogP) is 3.00. The molecule has 7 heteroatoms. The molecule has 0 unspecified atom stereocenters. The van der Waals surface area contributed by atoms with E-state index in [1.54, 1.807) is 21.6 Å². The van der Waals surface area contributed by atoms with Gasteiger partial charge in [-0.05, 0) is 23.8 Å². The summed E-state index contributed by atoms with van der Waals surface area (Å²) in [6, 6.07) is 7.28. The summed E-state index contributed by atoms with van der Waals surface area (Å²) in [6.07, 6.45) is 5.52. The van der Waals surface area contributed by atoms with E-state index in [0.29, 0.717) is 11.2 Å². The van der Waals surface area contributed by atoms with E-state index in [-0.39, 0.29) is 6.42 Å². The van der Waals surface area contributed by atoms with Crippen LogP contribution in [0.25, 0.3) is 16.9 Å². The van der Waals surface area contributed by atoms with Crippen molar-refractivity contribution in [1.82, 2.24) is 24.4 Å². The summed E-state index contributed by atoms with van der Waals surface area (Å²) in [5.74, 6) is -1.17. The van der Waals surface area contributed by atoms with E-state index in [1.807, 2.05) is 25.4 Å². The zero-order chi connectivity index (χ0) is 16.7. The third-order valence-electron chi connectivity index (χ3n) is 3.82. The van der Waals surface area contributed by atoms with Crippen LogP contribution in [0.15, 0.2) is 48.9 Å². The molecule has 0 saturated heterocycles. The Morgan fingerprint density at radius 2 is 1.96 bits per heavy atom. The SMILES string of the molecule is Cn1cc(-c2ccc3ncc(Cc4ccc(F)cc4F)n3n2)cn1. The summed E-state index contributed by atoms with van der Waals surface area (Å²) in [5, 5.41) is 8.70. The average molecular weight is 325 g/mol. The number of halogens is 2. The molecular weight excluding hydrogens is 312 g/mol. The smallest absolute Gasteiger partial charge is 0.153 e. The van der Waals surface area contributed by atoms with Gasteiger partial charge in [-0.3, -0.25) is 4.68 Å². The van der Waals surface area contributed by atoms with Gasteiger partial charge in [0.1, 0.15) is 11.6 Å². The van der Waals surface area contributed by atoms with Crippen molar-refractivity contribution < 1.29 is 8.78 Å². The number of imidazole rings is 1. The Morgan fingerprint density at radius 1 is 1.08 bits per heavy atom.